The molecular weight excluding hydrogens is 456 g/mol. The number of benzene rings is 3. The molecule has 3 aromatic rings. The standard InChI is InChI=1S/C30H36O6/c1-4-5-6-7-8-9-16-35-26-19-23(18-25(20-26)34-3)28-15-11-14-27(30(28)36-21-29(31)32)22-12-10-13-24(17-22)33-2/h10-15,17-20H,4-9,16,21H2,1-3H3,(H,31,32). The van der Waals surface area contributed by atoms with E-state index in [9.17, 15) is 9.90 Å². The van der Waals surface area contributed by atoms with Crippen molar-refractivity contribution in [2.45, 2.75) is 45.4 Å². The van der Waals surface area contributed by atoms with Crippen molar-refractivity contribution in [3.63, 3.8) is 0 Å². The summed E-state index contributed by atoms with van der Waals surface area (Å²) in [6.07, 6.45) is 7.15. The van der Waals surface area contributed by atoms with Gasteiger partial charge in [0.2, 0.25) is 0 Å². The summed E-state index contributed by atoms with van der Waals surface area (Å²) in [5, 5.41) is 9.31. The highest BCUT2D eigenvalue weighted by Crippen LogP contribution is 2.42. The Balaban J connectivity index is 1.93. The second kappa shape index (κ2) is 14.0. The quantitative estimate of drug-likeness (QED) is 0.225. The Labute approximate surface area is 213 Å². The molecule has 0 unspecified atom stereocenters. The second-order valence-corrected chi connectivity index (χ2v) is 8.61. The van der Waals surface area contributed by atoms with E-state index in [-0.39, 0.29) is 0 Å². The van der Waals surface area contributed by atoms with E-state index in [4.69, 9.17) is 18.9 Å². The van der Waals surface area contributed by atoms with E-state index >= 15 is 0 Å². The number of rotatable bonds is 15. The van der Waals surface area contributed by atoms with Gasteiger partial charge in [0, 0.05) is 17.2 Å². The first-order valence-electron chi connectivity index (χ1n) is 12.5. The molecule has 6 nitrogen and oxygen atoms in total. The van der Waals surface area contributed by atoms with Crippen LogP contribution in [0.1, 0.15) is 45.4 Å². The zero-order valence-electron chi connectivity index (χ0n) is 21.4. The fraction of sp³-hybridized carbons (Fsp3) is 0.367. The van der Waals surface area contributed by atoms with Crippen molar-refractivity contribution in [3.05, 3.63) is 60.7 Å². The Morgan fingerprint density at radius 1 is 0.722 bits per heavy atom. The number of hydrogen-bond donors (Lipinski definition) is 1. The average molecular weight is 493 g/mol. The summed E-state index contributed by atoms with van der Waals surface area (Å²) >= 11 is 0. The lowest BCUT2D eigenvalue weighted by molar-refractivity contribution is -0.139. The zero-order valence-corrected chi connectivity index (χ0v) is 21.4. The predicted molar refractivity (Wildman–Crippen MR) is 142 cm³/mol. The molecule has 0 radical (unpaired) electrons. The van der Waals surface area contributed by atoms with Crippen LogP contribution < -0.4 is 18.9 Å². The van der Waals surface area contributed by atoms with Crippen LogP contribution in [0.15, 0.2) is 60.7 Å². The van der Waals surface area contributed by atoms with Crippen molar-refractivity contribution in [2.75, 3.05) is 27.4 Å². The molecule has 0 spiro atoms. The number of hydrogen-bond acceptors (Lipinski definition) is 5. The minimum atomic E-state index is -1.05. The van der Waals surface area contributed by atoms with Gasteiger partial charge in [0.05, 0.1) is 20.8 Å². The van der Waals surface area contributed by atoms with Crippen LogP contribution in [0.3, 0.4) is 0 Å². The fourth-order valence-electron chi connectivity index (χ4n) is 4.07. The highest BCUT2D eigenvalue weighted by molar-refractivity contribution is 5.84. The molecule has 0 aliphatic heterocycles. The van der Waals surface area contributed by atoms with Crippen molar-refractivity contribution >= 4 is 5.97 Å². The van der Waals surface area contributed by atoms with E-state index in [1.165, 1.54) is 25.7 Å². The third-order valence-corrected chi connectivity index (χ3v) is 5.93. The molecule has 0 saturated carbocycles. The van der Waals surface area contributed by atoms with Crippen LogP contribution in [0.5, 0.6) is 23.0 Å². The number of unbranched alkanes of at least 4 members (excludes halogenated alkanes) is 5. The number of methoxy groups -OCH3 is 2. The van der Waals surface area contributed by atoms with Gasteiger partial charge in [-0.2, -0.15) is 0 Å². The number of carbonyl (C=O) groups is 1. The fourth-order valence-corrected chi connectivity index (χ4v) is 4.07. The number of aliphatic carboxylic acids is 1. The number of carboxylic acids is 1. The van der Waals surface area contributed by atoms with Crippen LogP contribution in [-0.2, 0) is 4.79 Å². The molecule has 0 aromatic heterocycles. The molecule has 0 bridgehead atoms. The monoisotopic (exact) mass is 492 g/mol. The van der Waals surface area contributed by atoms with Gasteiger partial charge in [-0.1, -0.05) is 69.4 Å². The van der Waals surface area contributed by atoms with Gasteiger partial charge in [0.1, 0.15) is 23.0 Å². The summed E-state index contributed by atoms with van der Waals surface area (Å²) in [7, 11) is 3.23. The zero-order chi connectivity index (χ0) is 25.8. The summed E-state index contributed by atoms with van der Waals surface area (Å²) in [4.78, 5) is 11.4. The minimum absolute atomic E-state index is 0.459. The summed E-state index contributed by atoms with van der Waals surface area (Å²) in [5.41, 5.74) is 3.20. The maximum Gasteiger partial charge on any atom is 0.341 e. The van der Waals surface area contributed by atoms with Crippen molar-refractivity contribution in [2.24, 2.45) is 0 Å². The predicted octanol–water partition coefficient (Wildman–Crippen LogP) is 7.24. The smallest absolute Gasteiger partial charge is 0.341 e. The first-order valence-corrected chi connectivity index (χ1v) is 12.5. The van der Waals surface area contributed by atoms with Gasteiger partial charge in [-0.25, -0.2) is 4.79 Å². The van der Waals surface area contributed by atoms with Crippen molar-refractivity contribution in [1.82, 2.24) is 0 Å². The van der Waals surface area contributed by atoms with Crippen LogP contribution in [0.4, 0.5) is 0 Å². The lowest BCUT2D eigenvalue weighted by atomic mass is 9.96. The molecule has 192 valence electrons. The first-order chi connectivity index (χ1) is 17.5. The highest BCUT2D eigenvalue weighted by Gasteiger charge is 2.17. The molecule has 0 aliphatic carbocycles. The Bertz CT molecular complexity index is 1120. The summed E-state index contributed by atoms with van der Waals surface area (Å²) < 4.78 is 22.8. The Morgan fingerprint density at radius 3 is 2.08 bits per heavy atom. The van der Waals surface area contributed by atoms with Gasteiger partial charge < -0.3 is 24.1 Å². The molecule has 1 N–H and O–H groups in total. The molecule has 0 atom stereocenters. The summed E-state index contributed by atoms with van der Waals surface area (Å²) in [5.74, 6) is 1.49. The minimum Gasteiger partial charge on any atom is -0.497 e. The number of para-hydroxylation sites is 1. The van der Waals surface area contributed by atoms with E-state index < -0.39 is 12.6 Å². The number of ether oxygens (including phenoxy) is 4. The van der Waals surface area contributed by atoms with E-state index in [2.05, 4.69) is 6.92 Å². The summed E-state index contributed by atoms with van der Waals surface area (Å²) in [6.45, 7) is 2.39. The maximum atomic E-state index is 11.4. The van der Waals surface area contributed by atoms with Crippen LogP contribution in [-0.4, -0.2) is 38.5 Å². The van der Waals surface area contributed by atoms with Gasteiger partial charge >= 0.3 is 5.97 Å². The molecule has 0 fully saturated rings. The molecular formula is C30H36O6. The van der Waals surface area contributed by atoms with Crippen LogP contribution in [0.25, 0.3) is 22.3 Å². The first kappa shape index (κ1) is 26.9. The largest absolute Gasteiger partial charge is 0.497 e. The average Bonchev–Trinajstić information content (AvgIpc) is 2.91. The third-order valence-electron chi connectivity index (χ3n) is 5.93. The maximum absolute atomic E-state index is 11.4. The molecule has 36 heavy (non-hydrogen) atoms. The van der Waals surface area contributed by atoms with E-state index in [0.29, 0.717) is 29.6 Å². The Morgan fingerprint density at radius 2 is 1.36 bits per heavy atom. The lowest BCUT2D eigenvalue weighted by Crippen LogP contribution is -2.10. The Hall–Kier alpha value is -3.67. The topological polar surface area (TPSA) is 74.2 Å². The normalized spacial score (nSPS) is 10.6. The second-order valence-electron chi connectivity index (χ2n) is 8.61. The van der Waals surface area contributed by atoms with Crippen LogP contribution >= 0.6 is 0 Å². The Kier molecular flexibility index (Phi) is 10.5. The van der Waals surface area contributed by atoms with Gasteiger partial charge in [0.25, 0.3) is 0 Å². The van der Waals surface area contributed by atoms with Gasteiger partial charge in [0.15, 0.2) is 6.61 Å². The SMILES string of the molecule is CCCCCCCCOc1cc(OC)cc(-c2cccc(-c3cccc(OC)c3)c2OCC(=O)O)c1. The molecule has 0 saturated heterocycles. The van der Waals surface area contributed by atoms with Crippen molar-refractivity contribution < 1.29 is 28.8 Å². The lowest BCUT2D eigenvalue weighted by Gasteiger charge is -2.17. The molecule has 0 amide bonds. The van der Waals surface area contributed by atoms with Gasteiger partial charge in [-0.05, 0) is 41.8 Å². The number of carboxylic acid groups (broad SMARTS) is 1. The molecule has 6 heteroatoms. The highest BCUT2D eigenvalue weighted by atomic mass is 16.5. The van der Waals surface area contributed by atoms with Gasteiger partial charge in [-0.3, -0.25) is 0 Å². The molecule has 3 rings (SSSR count). The van der Waals surface area contributed by atoms with E-state index in [0.717, 1.165) is 35.1 Å². The third kappa shape index (κ3) is 7.67. The molecule has 0 aliphatic rings. The van der Waals surface area contributed by atoms with E-state index in [1.807, 2.05) is 60.7 Å². The van der Waals surface area contributed by atoms with E-state index in [1.54, 1.807) is 14.2 Å². The van der Waals surface area contributed by atoms with Crippen molar-refractivity contribution in [3.8, 4) is 45.3 Å². The molecule has 3 aromatic carbocycles. The van der Waals surface area contributed by atoms with Crippen LogP contribution in [0, 0.1) is 0 Å². The van der Waals surface area contributed by atoms with Gasteiger partial charge in [-0.15, -0.1) is 0 Å². The molecule has 0 heterocycles. The van der Waals surface area contributed by atoms with Crippen LogP contribution in [0.2, 0.25) is 0 Å². The van der Waals surface area contributed by atoms with Crippen molar-refractivity contribution in [1.29, 1.82) is 0 Å². The summed E-state index contributed by atoms with van der Waals surface area (Å²) in [6, 6.07) is 19.0.